The lowest BCUT2D eigenvalue weighted by molar-refractivity contribution is -0.688. The van der Waals surface area contributed by atoms with Gasteiger partial charge in [-0.3, -0.25) is 0 Å². The van der Waals surface area contributed by atoms with Crippen molar-refractivity contribution < 1.29 is 27.8 Å². The zero-order chi connectivity index (χ0) is 14.8. The summed E-state index contributed by atoms with van der Waals surface area (Å²) in [6, 6.07) is 8.13. The molecule has 7 heteroatoms. The third-order valence-corrected chi connectivity index (χ3v) is 2.88. The van der Waals surface area contributed by atoms with Crippen LogP contribution < -0.4 is 10.0 Å². The van der Waals surface area contributed by atoms with E-state index in [2.05, 4.69) is 0 Å². The van der Waals surface area contributed by atoms with Crippen molar-refractivity contribution in [3.63, 3.8) is 0 Å². The van der Waals surface area contributed by atoms with Crippen LogP contribution in [0.15, 0.2) is 48.8 Å². The molecule has 0 unspecified atom stereocenters. The Kier molecular flexibility index (Phi) is 4.10. The molecule has 1 heterocycles. The molecule has 0 aliphatic carbocycles. The van der Waals surface area contributed by atoms with Gasteiger partial charge in [0.15, 0.2) is 18.9 Å². The van der Waals surface area contributed by atoms with Gasteiger partial charge in [-0.1, -0.05) is 18.2 Å². The molecule has 20 heavy (non-hydrogen) atoms. The summed E-state index contributed by atoms with van der Waals surface area (Å²) < 4.78 is 39.8. The van der Waals surface area contributed by atoms with Gasteiger partial charge in [-0.05, 0) is 11.5 Å². The SMILES string of the molecule is OB(O)c1ccc(C(F)(F)F)cc1C[n+]1ccccc1. The molecule has 0 aliphatic rings. The van der Waals surface area contributed by atoms with E-state index < -0.39 is 18.9 Å². The lowest BCUT2D eigenvalue weighted by Gasteiger charge is -2.11. The Morgan fingerprint density at radius 2 is 1.70 bits per heavy atom. The standard InChI is InChI=1S/C13H12BF3NO2/c15-13(16,17)11-4-5-12(14(19)20)10(8-11)9-18-6-2-1-3-7-18/h1-8,19-20H,9H2/q+1. The highest BCUT2D eigenvalue weighted by atomic mass is 19.4. The summed E-state index contributed by atoms with van der Waals surface area (Å²) in [5, 5.41) is 18.5. The Morgan fingerprint density at radius 3 is 2.25 bits per heavy atom. The molecule has 3 nitrogen and oxygen atoms in total. The van der Waals surface area contributed by atoms with Crippen LogP contribution in [0.25, 0.3) is 0 Å². The Labute approximate surface area is 114 Å². The molecule has 0 amide bonds. The fraction of sp³-hybridized carbons (Fsp3) is 0.154. The average Bonchev–Trinajstić information content (AvgIpc) is 2.38. The van der Waals surface area contributed by atoms with Crippen molar-refractivity contribution in [3.8, 4) is 0 Å². The zero-order valence-electron chi connectivity index (χ0n) is 10.4. The number of rotatable bonds is 3. The third-order valence-electron chi connectivity index (χ3n) is 2.88. The summed E-state index contributed by atoms with van der Waals surface area (Å²) in [5.74, 6) is 0. The van der Waals surface area contributed by atoms with Crippen molar-refractivity contribution in [2.75, 3.05) is 0 Å². The Morgan fingerprint density at radius 1 is 1.05 bits per heavy atom. The molecular weight excluding hydrogens is 270 g/mol. The average molecular weight is 282 g/mol. The summed E-state index contributed by atoms with van der Waals surface area (Å²) in [7, 11) is -1.81. The van der Waals surface area contributed by atoms with Crippen molar-refractivity contribution in [1.82, 2.24) is 0 Å². The van der Waals surface area contributed by atoms with E-state index >= 15 is 0 Å². The van der Waals surface area contributed by atoms with Crippen LogP contribution in [0.5, 0.6) is 0 Å². The number of alkyl halides is 3. The lowest BCUT2D eigenvalue weighted by atomic mass is 9.76. The molecule has 0 fully saturated rings. The monoisotopic (exact) mass is 282 g/mol. The minimum atomic E-state index is -4.46. The molecule has 2 rings (SSSR count). The van der Waals surface area contributed by atoms with Gasteiger partial charge < -0.3 is 10.0 Å². The summed E-state index contributed by atoms with van der Waals surface area (Å²) in [6.07, 6.45) is -1.09. The van der Waals surface area contributed by atoms with Crippen LogP contribution in [0.3, 0.4) is 0 Å². The quantitative estimate of drug-likeness (QED) is 0.643. The topological polar surface area (TPSA) is 44.3 Å². The fourth-order valence-electron chi connectivity index (χ4n) is 1.91. The van der Waals surface area contributed by atoms with Gasteiger partial charge in [-0.25, -0.2) is 4.57 Å². The molecule has 0 aliphatic heterocycles. The van der Waals surface area contributed by atoms with Crippen molar-refractivity contribution in [2.24, 2.45) is 0 Å². The fourth-order valence-corrected chi connectivity index (χ4v) is 1.91. The van der Waals surface area contributed by atoms with Gasteiger partial charge in [-0.15, -0.1) is 0 Å². The van der Waals surface area contributed by atoms with Crippen molar-refractivity contribution in [3.05, 3.63) is 59.9 Å². The van der Waals surface area contributed by atoms with Gasteiger partial charge in [0.05, 0.1) is 5.56 Å². The molecule has 1 aromatic heterocycles. The first-order valence-electron chi connectivity index (χ1n) is 5.88. The zero-order valence-corrected chi connectivity index (χ0v) is 10.4. The van der Waals surface area contributed by atoms with E-state index in [-0.39, 0.29) is 17.6 Å². The number of hydrogen-bond donors (Lipinski definition) is 2. The third kappa shape index (κ3) is 3.37. The maximum absolute atomic E-state index is 12.7. The van der Waals surface area contributed by atoms with Crippen molar-refractivity contribution in [2.45, 2.75) is 12.7 Å². The normalized spacial score (nSPS) is 11.4. The Bertz CT molecular complexity index is 588. The molecule has 1 aromatic carbocycles. The van der Waals surface area contributed by atoms with E-state index in [0.29, 0.717) is 0 Å². The number of pyridine rings is 1. The highest BCUT2D eigenvalue weighted by Gasteiger charge is 2.32. The summed E-state index contributed by atoms with van der Waals surface area (Å²) >= 11 is 0. The van der Waals surface area contributed by atoms with Gasteiger partial charge in [0, 0.05) is 17.7 Å². The number of hydrogen-bond acceptors (Lipinski definition) is 2. The molecule has 0 atom stereocenters. The Balaban J connectivity index is 2.42. The Hall–Kier alpha value is -1.86. The predicted octanol–water partition coefficient (Wildman–Crippen LogP) is 0.721. The summed E-state index contributed by atoms with van der Waals surface area (Å²) in [6.45, 7) is 0.123. The van der Waals surface area contributed by atoms with E-state index in [1.165, 1.54) is 0 Å². The second-order valence-corrected chi connectivity index (χ2v) is 4.33. The first kappa shape index (κ1) is 14.6. The second-order valence-electron chi connectivity index (χ2n) is 4.33. The summed E-state index contributed by atoms with van der Waals surface area (Å²) in [5.41, 5.74) is -0.534. The van der Waals surface area contributed by atoms with Crippen LogP contribution in [0.2, 0.25) is 0 Å². The number of aromatic nitrogens is 1. The van der Waals surface area contributed by atoms with E-state index in [1.807, 2.05) is 0 Å². The van der Waals surface area contributed by atoms with Crippen LogP contribution in [-0.4, -0.2) is 17.2 Å². The van der Waals surface area contributed by atoms with Crippen LogP contribution in [0, 0.1) is 0 Å². The minimum absolute atomic E-state index is 0.0642. The van der Waals surface area contributed by atoms with Crippen LogP contribution in [0.1, 0.15) is 11.1 Å². The predicted molar refractivity (Wildman–Crippen MR) is 67.0 cm³/mol. The molecule has 0 radical (unpaired) electrons. The molecule has 0 saturated heterocycles. The van der Waals surface area contributed by atoms with Crippen molar-refractivity contribution >= 4 is 12.6 Å². The molecular formula is C13H12BF3NO2+. The number of nitrogens with zero attached hydrogens (tertiary/aromatic N) is 1. The van der Waals surface area contributed by atoms with Crippen LogP contribution in [-0.2, 0) is 12.7 Å². The van der Waals surface area contributed by atoms with E-state index in [1.54, 1.807) is 35.2 Å². The van der Waals surface area contributed by atoms with Gasteiger partial charge in [0.2, 0.25) is 0 Å². The van der Waals surface area contributed by atoms with Gasteiger partial charge in [0.1, 0.15) is 0 Å². The maximum Gasteiger partial charge on any atom is 0.488 e. The first-order valence-corrected chi connectivity index (χ1v) is 5.88. The van der Waals surface area contributed by atoms with Gasteiger partial charge >= 0.3 is 13.3 Å². The highest BCUT2D eigenvalue weighted by molar-refractivity contribution is 6.59. The van der Waals surface area contributed by atoms with Gasteiger partial charge in [-0.2, -0.15) is 13.2 Å². The van der Waals surface area contributed by atoms with E-state index in [9.17, 15) is 23.2 Å². The number of benzene rings is 1. The molecule has 104 valence electrons. The smallest absolute Gasteiger partial charge is 0.423 e. The summed E-state index contributed by atoms with van der Waals surface area (Å²) in [4.78, 5) is 0. The second kappa shape index (κ2) is 5.64. The molecule has 0 spiro atoms. The van der Waals surface area contributed by atoms with E-state index in [0.717, 1.165) is 18.2 Å². The number of halogens is 3. The lowest BCUT2D eigenvalue weighted by Crippen LogP contribution is -2.40. The molecule has 2 aromatic rings. The minimum Gasteiger partial charge on any atom is -0.423 e. The van der Waals surface area contributed by atoms with E-state index in [4.69, 9.17) is 0 Å². The van der Waals surface area contributed by atoms with Gasteiger partial charge in [0.25, 0.3) is 0 Å². The molecule has 0 bridgehead atoms. The van der Waals surface area contributed by atoms with Crippen molar-refractivity contribution in [1.29, 1.82) is 0 Å². The molecule has 2 N–H and O–H groups in total. The largest absolute Gasteiger partial charge is 0.488 e. The molecule has 0 saturated carbocycles. The maximum atomic E-state index is 12.7. The van der Waals surface area contributed by atoms with Crippen LogP contribution in [0.4, 0.5) is 13.2 Å². The van der Waals surface area contributed by atoms with Crippen LogP contribution >= 0.6 is 0 Å². The first-order chi connectivity index (χ1) is 9.38. The highest BCUT2D eigenvalue weighted by Crippen LogP contribution is 2.29.